The molecule has 3 aromatic rings. The van der Waals surface area contributed by atoms with Gasteiger partial charge in [-0.3, -0.25) is 24.1 Å². The fourth-order valence-corrected chi connectivity index (χ4v) is 5.66. The summed E-state index contributed by atoms with van der Waals surface area (Å²) in [6.45, 7) is 1.26. The number of benzene rings is 2. The van der Waals surface area contributed by atoms with E-state index in [-0.39, 0.29) is 36.6 Å². The zero-order valence-corrected chi connectivity index (χ0v) is 21.2. The monoisotopic (exact) mass is 532 g/mol. The van der Waals surface area contributed by atoms with Crippen LogP contribution in [0.1, 0.15) is 18.4 Å². The first-order chi connectivity index (χ1) is 18.5. The average molecular weight is 533 g/mol. The van der Waals surface area contributed by atoms with E-state index in [4.69, 9.17) is 9.47 Å². The van der Waals surface area contributed by atoms with E-state index in [0.29, 0.717) is 35.8 Å². The van der Waals surface area contributed by atoms with Gasteiger partial charge in [0.1, 0.15) is 13.1 Å². The van der Waals surface area contributed by atoms with E-state index in [9.17, 15) is 19.2 Å². The van der Waals surface area contributed by atoms with E-state index in [2.05, 4.69) is 5.32 Å². The number of rotatable bonds is 6. The number of aromatic nitrogens is 1. The van der Waals surface area contributed by atoms with Crippen LogP contribution in [0, 0.1) is 0 Å². The van der Waals surface area contributed by atoms with Gasteiger partial charge in [-0.15, -0.1) is 0 Å². The number of anilines is 1. The third kappa shape index (κ3) is 4.60. The van der Waals surface area contributed by atoms with Crippen molar-refractivity contribution in [2.45, 2.75) is 19.4 Å². The van der Waals surface area contributed by atoms with Gasteiger partial charge in [-0.05, 0) is 48.9 Å². The number of para-hydroxylation sites is 1. The minimum absolute atomic E-state index is 0.0363. The highest BCUT2D eigenvalue weighted by atomic mass is 32.2. The Hall–Kier alpha value is -4.25. The summed E-state index contributed by atoms with van der Waals surface area (Å²) in [4.78, 5) is 53.9. The van der Waals surface area contributed by atoms with Crippen molar-refractivity contribution in [1.82, 2.24) is 14.4 Å². The predicted molar refractivity (Wildman–Crippen MR) is 142 cm³/mol. The molecule has 0 bridgehead atoms. The van der Waals surface area contributed by atoms with Crippen molar-refractivity contribution in [3.63, 3.8) is 0 Å². The first-order valence-electron chi connectivity index (χ1n) is 12.3. The van der Waals surface area contributed by atoms with Crippen LogP contribution in [-0.2, 0) is 20.9 Å². The van der Waals surface area contributed by atoms with E-state index >= 15 is 0 Å². The summed E-state index contributed by atoms with van der Waals surface area (Å²) < 4.78 is 12.5. The van der Waals surface area contributed by atoms with Crippen LogP contribution in [0.2, 0.25) is 0 Å². The Morgan fingerprint density at radius 1 is 1.00 bits per heavy atom. The quantitative estimate of drug-likeness (QED) is 0.483. The largest absolute Gasteiger partial charge is 0.454 e. The van der Waals surface area contributed by atoms with Gasteiger partial charge in [-0.25, -0.2) is 0 Å². The number of nitrogens with zero attached hydrogens (tertiary/aromatic N) is 3. The minimum Gasteiger partial charge on any atom is -0.454 e. The Morgan fingerprint density at radius 3 is 2.63 bits per heavy atom. The molecule has 4 amide bonds. The van der Waals surface area contributed by atoms with Crippen LogP contribution in [0.4, 0.5) is 10.5 Å². The zero-order chi connectivity index (χ0) is 26.2. The summed E-state index contributed by atoms with van der Waals surface area (Å²) >= 11 is 0.822. The van der Waals surface area contributed by atoms with Crippen molar-refractivity contribution < 1.29 is 28.7 Å². The van der Waals surface area contributed by atoms with Gasteiger partial charge in [0.25, 0.3) is 11.1 Å². The number of hydrogen-bond donors (Lipinski definition) is 1. The van der Waals surface area contributed by atoms with E-state index in [1.165, 1.54) is 0 Å². The van der Waals surface area contributed by atoms with Crippen LogP contribution < -0.4 is 14.8 Å². The van der Waals surface area contributed by atoms with E-state index in [0.717, 1.165) is 40.4 Å². The number of likely N-dealkylation sites (tertiary alicyclic amines) is 1. The molecule has 0 spiro atoms. The number of carbonyl (C=O) groups excluding carboxylic acids is 4. The van der Waals surface area contributed by atoms with Gasteiger partial charge in [-0.1, -0.05) is 18.2 Å². The molecule has 10 nitrogen and oxygen atoms in total. The summed E-state index contributed by atoms with van der Waals surface area (Å²) in [5.74, 6) is 0.277. The predicted octanol–water partition coefficient (Wildman–Crippen LogP) is 3.67. The summed E-state index contributed by atoms with van der Waals surface area (Å²) in [5, 5.41) is 3.25. The summed E-state index contributed by atoms with van der Waals surface area (Å²) in [5.41, 5.74) is 2.10. The average Bonchev–Trinajstić information content (AvgIpc) is 3.70. The van der Waals surface area contributed by atoms with Gasteiger partial charge in [0.15, 0.2) is 11.5 Å². The van der Waals surface area contributed by atoms with E-state index < -0.39 is 11.1 Å². The molecular formula is C27H24N4O6S. The molecule has 3 aliphatic heterocycles. The highest BCUT2D eigenvalue weighted by Gasteiger charge is 2.37. The third-order valence-electron chi connectivity index (χ3n) is 6.70. The maximum Gasteiger partial charge on any atom is 0.294 e. The maximum absolute atomic E-state index is 13.0. The smallest absolute Gasteiger partial charge is 0.294 e. The molecule has 38 heavy (non-hydrogen) atoms. The summed E-state index contributed by atoms with van der Waals surface area (Å²) in [6, 6.07) is 12.7. The second-order valence-corrected chi connectivity index (χ2v) is 10.2. The molecule has 0 radical (unpaired) electrons. The number of imide groups is 1. The third-order valence-corrected chi connectivity index (χ3v) is 7.61. The minimum atomic E-state index is -0.482. The molecule has 0 saturated carbocycles. The highest BCUT2D eigenvalue weighted by molar-refractivity contribution is 8.18. The van der Waals surface area contributed by atoms with Crippen molar-refractivity contribution >= 4 is 57.4 Å². The molecule has 3 aliphatic rings. The van der Waals surface area contributed by atoms with Crippen LogP contribution in [0.15, 0.2) is 53.6 Å². The normalized spacial score (nSPS) is 17.7. The Bertz CT molecular complexity index is 1510. The van der Waals surface area contributed by atoms with E-state index in [1.807, 2.05) is 24.3 Å². The van der Waals surface area contributed by atoms with Crippen LogP contribution in [0.25, 0.3) is 17.0 Å². The number of thioether (sulfide) groups is 1. The van der Waals surface area contributed by atoms with Gasteiger partial charge in [0.2, 0.25) is 18.6 Å². The van der Waals surface area contributed by atoms with Gasteiger partial charge in [-0.2, -0.15) is 0 Å². The van der Waals surface area contributed by atoms with E-state index in [1.54, 1.807) is 39.9 Å². The Morgan fingerprint density at radius 2 is 1.79 bits per heavy atom. The standard InChI is InChI=1S/C27H24N4O6S/c32-24(28-18-7-8-21-22(12-18)37-16-36-21)14-30-13-17(19-5-1-2-6-20(19)30)11-23-26(34)31(27(35)38-23)15-25(33)29-9-3-4-10-29/h1-2,5-8,11-13H,3-4,9-10,14-16H2,(H,28,32)/b23-11+. The van der Waals surface area contributed by atoms with Crippen molar-refractivity contribution in [2.24, 2.45) is 0 Å². The van der Waals surface area contributed by atoms with Gasteiger partial charge in [0.05, 0.1) is 4.91 Å². The molecule has 0 unspecified atom stereocenters. The van der Waals surface area contributed by atoms with Gasteiger partial charge in [0, 0.05) is 47.5 Å². The number of nitrogens with one attached hydrogen (secondary N) is 1. The molecule has 0 atom stereocenters. The topological polar surface area (TPSA) is 110 Å². The molecule has 0 aliphatic carbocycles. The Labute approximate surface area is 222 Å². The first-order valence-corrected chi connectivity index (χ1v) is 13.1. The van der Waals surface area contributed by atoms with Crippen molar-refractivity contribution in [3.8, 4) is 11.5 Å². The molecule has 2 fully saturated rings. The molecule has 4 heterocycles. The maximum atomic E-state index is 13.0. The lowest BCUT2D eigenvalue weighted by atomic mass is 10.1. The second kappa shape index (κ2) is 9.90. The van der Waals surface area contributed by atoms with Gasteiger partial charge >= 0.3 is 0 Å². The number of fused-ring (bicyclic) bond motifs is 2. The summed E-state index contributed by atoms with van der Waals surface area (Å²) in [7, 11) is 0. The Balaban J connectivity index is 1.20. The zero-order valence-electron chi connectivity index (χ0n) is 20.3. The molecule has 2 aromatic carbocycles. The number of amides is 4. The van der Waals surface area contributed by atoms with Crippen LogP contribution in [0.5, 0.6) is 11.5 Å². The lowest BCUT2D eigenvalue weighted by molar-refractivity contribution is -0.135. The molecule has 1 N–H and O–H groups in total. The van der Waals surface area contributed by atoms with Gasteiger partial charge < -0.3 is 24.3 Å². The molecular weight excluding hydrogens is 508 g/mol. The SMILES string of the molecule is O=C(Cn1cc(/C=C2/SC(=O)N(CC(=O)N3CCCC3)C2=O)c2ccccc21)Nc1ccc2c(c1)OCO2. The van der Waals surface area contributed by atoms with Crippen LogP contribution in [0.3, 0.4) is 0 Å². The molecule has 2 saturated heterocycles. The first kappa shape index (κ1) is 24.1. The molecule has 6 rings (SSSR count). The summed E-state index contributed by atoms with van der Waals surface area (Å²) in [6.07, 6.45) is 5.31. The fraction of sp³-hybridized carbons (Fsp3) is 0.259. The Kier molecular flexibility index (Phi) is 6.28. The number of carbonyl (C=O) groups is 4. The van der Waals surface area contributed by atoms with Crippen molar-refractivity contribution in [3.05, 3.63) is 59.1 Å². The lowest BCUT2D eigenvalue weighted by Crippen LogP contribution is -2.40. The fourth-order valence-electron chi connectivity index (χ4n) is 4.83. The second-order valence-electron chi connectivity index (χ2n) is 9.20. The number of hydrogen-bond acceptors (Lipinski definition) is 7. The highest BCUT2D eigenvalue weighted by Crippen LogP contribution is 2.35. The van der Waals surface area contributed by atoms with Crippen molar-refractivity contribution in [2.75, 3.05) is 31.7 Å². The number of ether oxygens (including phenoxy) is 2. The lowest BCUT2D eigenvalue weighted by Gasteiger charge is -2.18. The molecule has 194 valence electrons. The molecule has 11 heteroatoms. The van der Waals surface area contributed by atoms with Crippen molar-refractivity contribution in [1.29, 1.82) is 0 Å². The molecule has 1 aromatic heterocycles. The van der Waals surface area contributed by atoms with Crippen LogP contribution in [-0.4, -0.2) is 63.8 Å². The van der Waals surface area contributed by atoms with Crippen LogP contribution >= 0.6 is 11.8 Å².